The maximum atomic E-state index is 13.1. The molecule has 1 aromatic carbocycles. The van der Waals surface area contributed by atoms with E-state index in [9.17, 15) is 14.7 Å². The van der Waals surface area contributed by atoms with Crippen molar-refractivity contribution in [3.8, 4) is 5.75 Å². The largest absolute Gasteiger partial charge is 0.507 e. The lowest BCUT2D eigenvalue weighted by Gasteiger charge is -2.30. The molecule has 1 amide bonds. The maximum absolute atomic E-state index is 13.1. The number of aliphatic hydroxyl groups excluding tert-OH is 1. The van der Waals surface area contributed by atoms with Crippen LogP contribution in [-0.4, -0.2) is 72.6 Å². The normalized spacial score (nSPS) is 20.9. The lowest BCUT2D eigenvalue weighted by atomic mass is 9.99. The zero-order valence-corrected chi connectivity index (χ0v) is 18.7. The van der Waals surface area contributed by atoms with E-state index in [1.807, 2.05) is 0 Å². The zero-order valence-electron chi connectivity index (χ0n) is 18.7. The van der Waals surface area contributed by atoms with Crippen LogP contribution in [0.1, 0.15) is 23.1 Å². The first-order valence-corrected chi connectivity index (χ1v) is 11.0. The summed E-state index contributed by atoms with van der Waals surface area (Å²) in [5, 5.41) is 11.1. The molecular weight excluding hydrogens is 424 g/mol. The van der Waals surface area contributed by atoms with Crippen molar-refractivity contribution in [2.24, 2.45) is 0 Å². The van der Waals surface area contributed by atoms with Crippen LogP contribution in [0.4, 0.5) is 0 Å². The van der Waals surface area contributed by atoms with Crippen LogP contribution in [0.25, 0.3) is 5.76 Å². The Labute approximate surface area is 192 Å². The Bertz CT molecular complexity index is 1050. The topological polar surface area (TPSA) is 92.5 Å². The van der Waals surface area contributed by atoms with E-state index in [1.54, 1.807) is 49.4 Å². The molecule has 0 aliphatic carbocycles. The number of benzene rings is 1. The van der Waals surface area contributed by atoms with Crippen LogP contribution in [0.3, 0.4) is 0 Å². The molecule has 8 heteroatoms. The van der Waals surface area contributed by atoms with Crippen molar-refractivity contribution in [3.05, 3.63) is 71.7 Å². The van der Waals surface area contributed by atoms with Gasteiger partial charge in [0.25, 0.3) is 11.7 Å². The number of aryl methyl sites for hydroxylation is 1. The van der Waals surface area contributed by atoms with Crippen LogP contribution in [0.15, 0.2) is 59.0 Å². The minimum Gasteiger partial charge on any atom is -0.507 e. The summed E-state index contributed by atoms with van der Waals surface area (Å²) in [4.78, 5) is 29.7. The number of morpholine rings is 1. The van der Waals surface area contributed by atoms with Crippen LogP contribution in [-0.2, 0) is 14.3 Å². The van der Waals surface area contributed by atoms with Crippen LogP contribution in [0, 0.1) is 6.92 Å². The molecule has 2 aliphatic rings. The fourth-order valence-electron chi connectivity index (χ4n) is 4.10. The van der Waals surface area contributed by atoms with Crippen molar-refractivity contribution in [3.63, 3.8) is 0 Å². The van der Waals surface area contributed by atoms with Crippen molar-refractivity contribution in [1.29, 1.82) is 0 Å². The van der Waals surface area contributed by atoms with Gasteiger partial charge in [-0.05, 0) is 43.3 Å². The predicted octanol–water partition coefficient (Wildman–Crippen LogP) is 2.91. The summed E-state index contributed by atoms with van der Waals surface area (Å²) in [6, 6.07) is 9.42. The lowest BCUT2D eigenvalue weighted by Crippen LogP contribution is -2.42. The Morgan fingerprint density at radius 3 is 2.52 bits per heavy atom. The third-order valence-electron chi connectivity index (χ3n) is 5.83. The first-order chi connectivity index (χ1) is 16.0. The Kier molecular flexibility index (Phi) is 6.96. The molecule has 2 saturated heterocycles. The van der Waals surface area contributed by atoms with Gasteiger partial charge in [-0.15, -0.1) is 0 Å². The van der Waals surface area contributed by atoms with E-state index < -0.39 is 17.7 Å². The van der Waals surface area contributed by atoms with Gasteiger partial charge in [-0.1, -0.05) is 12.7 Å². The molecule has 2 aromatic rings. The van der Waals surface area contributed by atoms with E-state index in [2.05, 4.69) is 11.5 Å². The molecule has 33 heavy (non-hydrogen) atoms. The minimum absolute atomic E-state index is 0.0242. The van der Waals surface area contributed by atoms with Crippen LogP contribution in [0.2, 0.25) is 0 Å². The summed E-state index contributed by atoms with van der Waals surface area (Å²) in [6.45, 7) is 9.54. The Balaban J connectivity index is 1.66. The van der Waals surface area contributed by atoms with Gasteiger partial charge in [-0.25, -0.2) is 0 Å². The van der Waals surface area contributed by atoms with Crippen molar-refractivity contribution in [1.82, 2.24) is 9.80 Å². The number of rotatable bonds is 8. The Morgan fingerprint density at radius 2 is 1.88 bits per heavy atom. The first-order valence-electron chi connectivity index (χ1n) is 11.0. The monoisotopic (exact) mass is 452 g/mol. The third kappa shape index (κ3) is 4.86. The fourth-order valence-corrected chi connectivity index (χ4v) is 4.10. The first kappa shape index (κ1) is 22.8. The Morgan fingerprint density at radius 1 is 1.15 bits per heavy atom. The Hall–Kier alpha value is -3.36. The van der Waals surface area contributed by atoms with Gasteiger partial charge in [-0.2, -0.15) is 0 Å². The van der Waals surface area contributed by atoms with Crippen LogP contribution in [0.5, 0.6) is 5.75 Å². The van der Waals surface area contributed by atoms with Crippen molar-refractivity contribution < 1.29 is 28.6 Å². The highest BCUT2D eigenvalue weighted by atomic mass is 16.5. The lowest BCUT2D eigenvalue weighted by molar-refractivity contribution is -0.140. The standard InChI is InChI=1S/C25H28N2O6/c1-3-14-32-19-7-5-18(6-8-19)23(28)21-22(20-9-4-17(2)33-20)27(25(30)24(21)29)11-10-26-12-15-31-16-13-26/h3-9,22,28H,1,10-16H2,2H3/b23-21+/t22-/m1/s1. The van der Waals surface area contributed by atoms with E-state index in [0.29, 0.717) is 55.7 Å². The number of furan rings is 1. The fraction of sp³-hybridized carbons (Fsp3) is 0.360. The quantitative estimate of drug-likeness (QED) is 0.285. The average Bonchev–Trinajstić information content (AvgIpc) is 3.37. The van der Waals surface area contributed by atoms with E-state index in [1.165, 1.54) is 4.90 Å². The molecule has 1 aromatic heterocycles. The zero-order chi connectivity index (χ0) is 23.4. The summed E-state index contributed by atoms with van der Waals surface area (Å²) in [5.74, 6) is 0.108. The predicted molar refractivity (Wildman–Crippen MR) is 122 cm³/mol. The van der Waals surface area contributed by atoms with E-state index >= 15 is 0 Å². The van der Waals surface area contributed by atoms with Crippen molar-refractivity contribution in [2.75, 3.05) is 46.0 Å². The maximum Gasteiger partial charge on any atom is 0.295 e. The van der Waals surface area contributed by atoms with E-state index in [4.69, 9.17) is 13.9 Å². The number of carbonyl (C=O) groups excluding carboxylic acids is 2. The molecule has 174 valence electrons. The average molecular weight is 453 g/mol. The third-order valence-corrected chi connectivity index (χ3v) is 5.83. The number of Topliss-reactive ketones (excluding diaryl/α,β-unsaturated/α-hetero) is 1. The van der Waals surface area contributed by atoms with Crippen molar-refractivity contribution in [2.45, 2.75) is 13.0 Å². The molecule has 8 nitrogen and oxygen atoms in total. The molecule has 1 N–H and O–H groups in total. The summed E-state index contributed by atoms with van der Waals surface area (Å²) in [6.07, 6.45) is 1.64. The second-order valence-electron chi connectivity index (χ2n) is 8.02. The number of nitrogens with zero attached hydrogens (tertiary/aromatic N) is 2. The van der Waals surface area contributed by atoms with Crippen LogP contribution >= 0.6 is 0 Å². The molecule has 2 aliphatic heterocycles. The minimum atomic E-state index is -0.795. The van der Waals surface area contributed by atoms with Gasteiger partial charge in [0.1, 0.15) is 35.7 Å². The molecule has 0 unspecified atom stereocenters. The molecule has 0 saturated carbocycles. The van der Waals surface area contributed by atoms with Gasteiger partial charge in [0.05, 0.1) is 18.8 Å². The second-order valence-corrected chi connectivity index (χ2v) is 8.02. The molecule has 3 heterocycles. The number of likely N-dealkylation sites (tertiary alicyclic amines) is 1. The summed E-state index contributed by atoms with van der Waals surface area (Å²) in [5.41, 5.74) is 0.441. The number of hydrogen-bond donors (Lipinski definition) is 1. The molecule has 0 radical (unpaired) electrons. The smallest absolute Gasteiger partial charge is 0.295 e. The highest BCUT2D eigenvalue weighted by Gasteiger charge is 2.47. The molecular formula is C25H28N2O6. The number of aliphatic hydroxyl groups is 1. The molecule has 2 fully saturated rings. The van der Waals surface area contributed by atoms with E-state index in [0.717, 1.165) is 13.1 Å². The van der Waals surface area contributed by atoms with E-state index in [-0.39, 0.29) is 11.3 Å². The highest BCUT2D eigenvalue weighted by molar-refractivity contribution is 6.46. The van der Waals surface area contributed by atoms with Gasteiger partial charge < -0.3 is 23.9 Å². The number of amides is 1. The van der Waals surface area contributed by atoms with Crippen molar-refractivity contribution >= 4 is 17.4 Å². The molecule has 0 spiro atoms. The number of carbonyl (C=O) groups is 2. The van der Waals surface area contributed by atoms with Gasteiger partial charge in [-0.3, -0.25) is 14.5 Å². The molecule has 1 atom stereocenters. The van der Waals surface area contributed by atoms with Crippen LogP contribution < -0.4 is 4.74 Å². The second kappa shape index (κ2) is 10.1. The van der Waals surface area contributed by atoms with Gasteiger partial charge in [0.15, 0.2) is 0 Å². The summed E-state index contributed by atoms with van der Waals surface area (Å²) in [7, 11) is 0. The summed E-state index contributed by atoms with van der Waals surface area (Å²) >= 11 is 0. The molecule has 4 rings (SSSR count). The summed E-state index contributed by atoms with van der Waals surface area (Å²) < 4.78 is 16.7. The van der Waals surface area contributed by atoms with Gasteiger partial charge in [0, 0.05) is 31.7 Å². The molecule has 0 bridgehead atoms. The highest BCUT2D eigenvalue weighted by Crippen LogP contribution is 2.40. The SMILES string of the molecule is C=CCOc1ccc(/C(O)=C2\C(=O)C(=O)N(CCN3CCOCC3)[C@@H]2c2ccc(C)o2)cc1. The number of ketones is 1. The number of hydrogen-bond acceptors (Lipinski definition) is 7. The van der Waals surface area contributed by atoms with Gasteiger partial charge >= 0.3 is 0 Å². The van der Waals surface area contributed by atoms with Gasteiger partial charge in [0.2, 0.25) is 0 Å². The number of ether oxygens (including phenoxy) is 2.